The number of ether oxygens (including phenoxy) is 3. The van der Waals surface area contributed by atoms with Crippen LogP contribution < -0.4 is 5.73 Å². The van der Waals surface area contributed by atoms with E-state index in [0.717, 1.165) is 0 Å². The molecule has 0 aliphatic carbocycles. The van der Waals surface area contributed by atoms with Crippen LogP contribution in [0.1, 0.15) is 32.3 Å². The smallest absolute Gasteiger partial charge is 0.340 e. The van der Waals surface area contributed by atoms with Crippen LogP contribution in [0.4, 0.5) is 4.39 Å². The molecule has 0 radical (unpaired) electrons. The summed E-state index contributed by atoms with van der Waals surface area (Å²) >= 11 is 6.18. The van der Waals surface area contributed by atoms with Gasteiger partial charge in [-0.05, 0) is 32.9 Å². The summed E-state index contributed by atoms with van der Waals surface area (Å²) in [7, 11) is 0. The van der Waals surface area contributed by atoms with Crippen LogP contribution in [0, 0.1) is 5.82 Å². The van der Waals surface area contributed by atoms with Crippen molar-refractivity contribution in [3.8, 4) is 0 Å². The minimum absolute atomic E-state index is 0.0288. The van der Waals surface area contributed by atoms with Crippen molar-refractivity contribution in [3.63, 3.8) is 0 Å². The Morgan fingerprint density at radius 2 is 1.77 bits per heavy atom. The number of nitrogens with two attached hydrogens (primary N) is 1. The highest BCUT2D eigenvalue weighted by Crippen LogP contribution is 2.43. The lowest BCUT2D eigenvalue weighted by Crippen LogP contribution is -2.30. The zero-order chi connectivity index (χ0) is 19.4. The lowest BCUT2D eigenvalue weighted by molar-refractivity contribution is -0.140. The van der Waals surface area contributed by atoms with Gasteiger partial charge in [-0.3, -0.25) is 0 Å². The number of rotatable bonds is 5. The van der Waals surface area contributed by atoms with Gasteiger partial charge in [0.15, 0.2) is 0 Å². The fourth-order valence-corrected chi connectivity index (χ4v) is 3.01. The summed E-state index contributed by atoms with van der Waals surface area (Å²) in [6.45, 7) is 4.85. The molecule has 2 N–H and O–H groups in total. The SMILES string of the molecule is CCOC(=O)C1=C(C)OC(N)=C(C(=O)OCC)[C@H]1c1c(F)cccc1Cl. The van der Waals surface area contributed by atoms with E-state index in [1.807, 2.05) is 0 Å². The molecule has 0 bridgehead atoms. The lowest BCUT2D eigenvalue weighted by atomic mass is 9.82. The fraction of sp³-hybridized carbons (Fsp3) is 0.333. The quantitative estimate of drug-likeness (QED) is 0.786. The molecular weight excluding hydrogens is 365 g/mol. The number of esters is 2. The van der Waals surface area contributed by atoms with Gasteiger partial charge in [-0.25, -0.2) is 14.0 Å². The van der Waals surface area contributed by atoms with Crippen molar-refractivity contribution >= 4 is 23.5 Å². The first-order valence-corrected chi connectivity index (χ1v) is 8.37. The Labute approximate surface area is 155 Å². The minimum atomic E-state index is -1.21. The van der Waals surface area contributed by atoms with Gasteiger partial charge in [-0.1, -0.05) is 17.7 Å². The van der Waals surface area contributed by atoms with Gasteiger partial charge in [0.05, 0.1) is 24.7 Å². The van der Waals surface area contributed by atoms with Crippen LogP contribution in [0.5, 0.6) is 0 Å². The molecule has 1 aliphatic heterocycles. The van der Waals surface area contributed by atoms with E-state index in [0.29, 0.717) is 0 Å². The number of benzene rings is 1. The zero-order valence-corrected chi connectivity index (χ0v) is 15.4. The third-order valence-corrected chi connectivity index (χ3v) is 4.09. The summed E-state index contributed by atoms with van der Waals surface area (Å²) < 4.78 is 30.0. The van der Waals surface area contributed by atoms with Crippen LogP contribution in [0.3, 0.4) is 0 Å². The molecule has 0 spiro atoms. The summed E-state index contributed by atoms with van der Waals surface area (Å²) in [4.78, 5) is 25.0. The molecule has 1 aliphatic rings. The Hall–Kier alpha value is -2.54. The Morgan fingerprint density at radius 3 is 2.31 bits per heavy atom. The van der Waals surface area contributed by atoms with Gasteiger partial charge in [-0.2, -0.15) is 0 Å². The summed E-state index contributed by atoms with van der Waals surface area (Å²) in [5.41, 5.74) is 5.53. The van der Waals surface area contributed by atoms with Gasteiger partial charge in [0.25, 0.3) is 0 Å². The fourth-order valence-electron chi connectivity index (χ4n) is 2.74. The molecule has 0 saturated heterocycles. The highest BCUT2D eigenvalue weighted by molar-refractivity contribution is 6.31. The molecule has 0 unspecified atom stereocenters. The van der Waals surface area contributed by atoms with Crippen LogP contribution in [-0.4, -0.2) is 25.2 Å². The second-order valence-electron chi connectivity index (χ2n) is 5.36. The zero-order valence-electron chi connectivity index (χ0n) is 14.6. The van der Waals surface area contributed by atoms with Crippen LogP contribution in [0.2, 0.25) is 5.02 Å². The van der Waals surface area contributed by atoms with Crippen molar-refractivity contribution in [2.75, 3.05) is 13.2 Å². The predicted molar refractivity (Wildman–Crippen MR) is 92.4 cm³/mol. The van der Waals surface area contributed by atoms with E-state index in [-0.39, 0.29) is 46.6 Å². The molecular formula is C18H19ClFNO5. The van der Waals surface area contributed by atoms with E-state index in [1.165, 1.54) is 25.1 Å². The Bertz CT molecular complexity index is 743. The van der Waals surface area contributed by atoms with Gasteiger partial charge >= 0.3 is 11.9 Å². The van der Waals surface area contributed by atoms with Crippen LogP contribution in [-0.2, 0) is 23.8 Å². The second kappa shape index (κ2) is 8.23. The first kappa shape index (κ1) is 19.8. The van der Waals surface area contributed by atoms with Crippen molar-refractivity contribution in [3.05, 3.63) is 57.4 Å². The summed E-state index contributed by atoms with van der Waals surface area (Å²) in [5, 5.41) is 0.0288. The standard InChI is InChI=1S/C18H19ClFNO5/c1-4-24-17(22)12-9(3)26-16(21)15(18(23)25-5-2)14(12)13-10(19)7-6-8-11(13)20/h6-8,14H,4-5,21H2,1-3H3/t14-/m1/s1. The van der Waals surface area contributed by atoms with E-state index in [1.54, 1.807) is 13.8 Å². The maximum absolute atomic E-state index is 14.6. The lowest BCUT2D eigenvalue weighted by Gasteiger charge is -2.29. The third-order valence-electron chi connectivity index (χ3n) is 3.76. The molecule has 1 heterocycles. The number of hydrogen-bond donors (Lipinski definition) is 1. The van der Waals surface area contributed by atoms with E-state index in [9.17, 15) is 14.0 Å². The number of hydrogen-bond acceptors (Lipinski definition) is 6. The minimum Gasteiger partial charge on any atom is -0.463 e. The second-order valence-corrected chi connectivity index (χ2v) is 5.77. The largest absolute Gasteiger partial charge is 0.463 e. The highest BCUT2D eigenvalue weighted by atomic mass is 35.5. The van der Waals surface area contributed by atoms with E-state index in [2.05, 4.69) is 0 Å². The van der Waals surface area contributed by atoms with Crippen molar-refractivity contribution in [2.45, 2.75) is 26.7 Å². The van der Waals surface area contributed by atoms with Crippen LogP contribution >= 0.6 is 11.6 Å². The molecule has 1 aromatic rings. The molecule has 0 aromatic heterocycles. The van der Waals surface area contributed by atoms with Gasteiger partial charge in [0, 0.05) is 10.6 Å². The maximum Gasteiger partial charge on any atom is 0.340 e. The highest BCUT2D eigenvalue weighted by Gasteiger charge is 2.42. The number of carbonyl (C=O) groups excluding carboxylic acids is 2. The van der Waals surface area contributed by atoms with Crippen molar-refractivity contribution in [1.29, 1.82) is 0 Å². The summed E-state index contributed by atoms with van der Waals surface area (Å²) in [6, 6.07) is 4.04. The van der Waals surface area contributed by atoms with E-state index in [4.69, 9.17) is 31.5 Å². The monoisotopic (exact) mass is 383 g/mol. The predicted octanol–water partition coefficient (Wildman–Crippen LogP) is 3.16. The van der Waals surface area contributed by atoms with Gasteiger partial charge in [0.1, 0.15) is 17.1 Å². The number of allylic oxidation sites excluding steroid dienone is 1. The number of carbonyl (C=O) groups is 2. The normalized spacial score (nSPS) is 17.0. The topological polar surface area (TPSA) is 87.9 Å². The molecule has 6 nitrogen and oxygen atoms in total. The molecule has 1 atom stereocenters. The summed E-state index contributed by atoms with van der Waals surface area (Å²) in [6.07, 6.45) is 0. The van der Waals surface area contributed by atoms with Crippen molar-refractivity contribution < 1.29 is 28.2 Å². The summed E-state index contributed by atoms with van der Waals surface area (Å²) in [5.74, 6) is -3.69. The van der Waals surface area contributed by atoms with Crippen LogP contribution in [0.15, 0.2) is 41.0 Å². The van der Waals surface area contributed by atoms with Crippen LogP contribution in [0.25, 0.3) is 0 Å². The van der Waals surface area contributed by atoms with Gasteiger partial charge in [-0.15, -0.1) is 0 Å². The maximum atomic E-state index is 14.6. The Balaban J connectivity index is 2.74. The van der Waals surface area contributed by atoms with E-state index < -0.39 is 23.7 Å². The Morgan fingerprint density at radius 1 is 1.19 bits per heavy atom. The van der Waals surface area contributed by atoms with Crippen molar-refractivity contribution in [1.82, 2.24) is 0 Å². The average Bonchev–Trinajstić information content (AvgIpc) is 2.54. The Kier molecular flexibility index (Phi) is 6.26. The number of halogens is 2. The third kappa shape index (κ3) is 3.67. The van der Waals surface area contributed by atoms with E-state index >= 15 is 0 Å². The molecule has 0 amide bonds. The van der Waals surface area contributed by atoms with Gasteiger partial charge in [0.2, 0.25) is 5.88 Å². The molecule has 8 heteroatoms. The average molecular weight is 384 g/mol. The first-order chi connectivity index (χ1) is 12.3. The molecule has 0 fully saturated rings. The molecule has 140 valence electrons. The first-order valence-electron chi connectivity index (χ1n) is 7.99. The molecule has 1 aromatic carbocycles. The molecule has 26 heavy (non-hydrogen) atoms. The molecule has 2 rings (SSSR count). The van der Waals surface area contributed by atoms with Crippen molar-refractivity contribution in [2.24, 2.45) is 5.73 Å². The van der Waals surface area contributed by atoms with Gasteiger partial charge < -0.3 is 19.9 Å². The molecule has 0 saturated carbocycles.